The molecule has 1 atom stereocenters. The number of nitrogens with zero attached hydrogens (tertiary/aromatic N) is 5. The summed E-state index contributed by atoms with van der Waals surface area (Å²) in [7, 11) is 1.54. The van der Waals surface area contributed by atoms with E-state index in [-0.39, 0.29) is 35.1 Å². The van der Waals surface area contributed by atoms with Crippen LogP contribution in [0.2, 0.25) is 0 Å². The number of anilines is 2. The Bertz CT molecular complexity index is 1480. The summed E-state index contributed by atoms with van der Waals surface area (Å²) in [6, 6.07) is 6.55. The van der Waals surface area contributed by atoms with Crippen molar-refractivity contribution in [3.63, 3.8) is 0 Å². The highest BCUT2D eigenvalue weighted by Gasteiger charge is 2.26. The molecule has 37 heavy (non-hydrogen) atoms. The van der Waals surface area contributed by atoms with Crippen molar-refractivity contribution in [1.29, 1.82) is 0 Å². The number of carbonyl (C=O) groups is 2. The molecule has 0 aliphatic carbocycles. The standard InChI is InChI=1S/C26H33N7O4/c1-4-6-14-32-22-23(29-25(32)31-13-9-10-17(27)15-31)30(3)26(37)33(24(22)36)16-20(34)18-11-7-8-12-19(18)28-21(35)5-2/h4,6-8,11-12,17H,5,9-10,13-16,27H2,1-3H3,(H,28,35)/b6-4+/t17-/m0/s1. The number of nitrogens with two attached hydrogens (primary N) is 1. The Hall–Kier alpha value is -3.99. The Morgan fingerprint density at radius 3 is 2.68 bits per heavy atom. The normalized spacial score (nSPS) is 16.0. The summed E-state index contributed by atoms with van der Waals surface area (Å²) in [5.41, 5.74) is 6.04. The van der Waals surface area contributed by atoms with Crippen molar-refractivity contribution >= 4 is 34.5 Å². The van der Waals surface area contributed by atoms with Crippen LogP contribution >= 0.6 is 0 Å². The minimum absolute atomic E-state index is 0.00454. The second kappa shape index (κ2) is 11.0. The molecule has 1 aliphatic rings. The van der Waals surface area contributed by atoms with Crippen molar-refractivity contribution in [2.24, 2.45) is 12.8 Å². The van der Waals surface area contributed by atoms with Crippen molar-refractivity contribution in [1.82, 2.24) is 18.7 Å². The summed E-state index contributed by atoms with van der Waals surface area (Å²) in [6.45, 7) is 4.84. The molecule has 1 fully saturated rings. The first kappa shape index (κ1) is 26.1. The van der Waals surface area contributed by atoms with Gasteiger partial charge in [-0.3, -0.25) is 23.5 Å². The summed E-state index contributed by atoms with van der Waals surface area (Å²) < 4.78 is 4.02. The second-order valence-corrected chi connectivity index (χ2v) is 9.22. The lowest BCUT2D eigenvalue weighted by Crippen LogP contribution is -2.44. The molecule has 0 radical (unpaired) electrons. The number of hydrogen-bond acceptors (Lipinski definition) is 7. The molecule has 2 aromatic heterocycles. The molecule has 11 nitrogen and oxygen atoms in total. The van der Waals surface area contributed by atoms with Gasteiger partial charge in [-0.1, -0.05) is 31.2 Å². The maximum Gasteiger partial charge on any atom is 0.332 e. The first-order valence-corrected chi connectivity index (χ1v) is 12.5. The van der Waals surface area contributed by atoms with Crippen LogP contribution in [-0.2, 0) is 24.9 Å². The average molecular weight is 508 g/mol. The average Bonchev–Trinajstić information content (AvgIpc) is 3.28. The first-order chi connectivity index (χ1) is 17.8. The van der Waals surface area contributed by atoms with Crippen LogP contribution in [0.15, 0.2) is 46.0 Å². The minimum Gasteiger partial charge on any atom is -0.341 e. The Labute approximate surface area is 214 Å². The maximum atomic E-state index is 13.7. The molecule has 3 aromatic rings. The molecule has 11 heteroatoms. The number of rotatable bonds is 8. The highest BCUT2D eigenvalue weighted by molar-refractivity contribution is 6.04. The Morgan fingerprint density at radius 1 is 1.22 bits per heavy atom. The summed E-state index contributed by atoms with van der Waals surface area (Å²) in [4.78, 5) is 58.9. The summed E-state index contributed by atoms with van der Waals surface area (Å²) in [5, 5.41) is 2.70. The van der Waals surface area contributed by atoms with E-state index in [4.69, 9.17) is 10.7 Å². The number of allylic oxidation sites excluding steroid dienone is 2. The summed E-state index contributed by atoms with van der Waals surface area (Å²) in [5.74, 6) is -0.132. The van der Waals surface area contributed by atoms with Gasteiger partial charge in [0.2, 0.25) is 11.9 Å². The van der Waals surface area contributed by atoms with Crippen LogP contribution in [0, 0.1) is 0 Å². The topological polar surface area (TPSA) is 137 Å². The molecule has 0 saturated carbocycles. The van der Waals surface area contributed by atoms with E-state index in [1.165, 1.54) is 4.57 Å². The van der Waals surface area contributed by atoms with Crippen LogP contribution < -0.4 is 27.2 Å². The summed E-state index contributed by atoms with van der Waals surface area (Å²) >= 11 is 0. The zero-order valence-electron chi connectivity index (χ0n) is 21.4. The number of nitrogens with one attached hydrogen (secondary N) is 1. The third-order valence-electron chi connectivity index (χ3n) is 6.60. The third kappa shape index (κ3) is 5.12. The van der Waals surface area contributed by atoms with Gasteiger partial charge in [0.25, 0.3) is 5.56 Å². The van der Waals surface area contributed by atoms with Crippen molar-refractivity contribution in [2.45, 2.75) is 52.2 Å². The predicted molar refractivity (Wildman–Crippen MR) is 143 cm³/mol. The number of aromatic nitrogens is 4. The van der Waals surface area contributed by atoms with E-state index in [0.29, 0.717) is 24.7 Å². The van der Waals surface area contributed by atoms with Gasteiger partial charge in [-0.05, 0) is 31.9 Å². The number of hydrogen-bond donors (Lipinski definition) is 2. The van der Waals surface area contributed by atoms with Gasteiger partial charge in [-0.2, -0.15) is 4.98 Å². The lowest BCUT2D eigenvalue weighted by Gasteiger charge is -2.31. The van der Waals surface area contributed by atoms with Crippen LogP contribution in [0.25, 0.3) is 11.2 Å². The number of carbonyl (C=O) groups excluding carboxylic acids is 2. The van der Waals surface area contributed by atoms with E-state index in [1.54, 1.807) is 42.8 Å². The Kier molecular flexibility index (Phi) is 7.72. The predicted octanol–water partition coefficient (Wildman–Crippen LogP) is 1.63. The molecule has 3 heterocycles. The fourth-order valence-corrected chi connectivity index (χ4v) is 4.62. The zero-order chi connectivity index (χ0) is 26.7. The van der Waals surface area contributed by atoms with E-state index in [1.807, 2.05) is 24.0 Å². The number of Topliss-reactive ketones (excluding diaryl/α,β-unsaturated/α-hetero) is 1. The fourth-order valence-electron chi connectivity index (χ4n) is 4.62. The number of imidazole rings is 1. The number of amides is 1. The van der Waals surface area contributed by atoms with Gasteiger partial charge in [0.05, 0.1) is 12.2 Å². The van der Waals surface area contributed by atoms with Crippen LogP contribution in [0.5, 0.6) is 0 Å². The lowest BCUT2D eigenvalue weighted by atomic mass is 10.1. The number of aryl methyl sites for hydroxylation is 1. The molecular weight excluding hydrogens is 474 g/mol. The van der Waals surface area contributed by atoms with E-state index < -0.39 is 23.6 Å². The van der Waals surface area contributed by atoms with Crippen LogP contribution in [-0.4, -0.2) is 49.5 Å². The van der Waals surface area contributed by atoms with Crippen molar-refractivity contribution < 1.29 is 9.59 Å². The smallest absolute Gasteiger partial charge is 0.332 e. The number of piperidine rings is 1. The molecule has 1 aliphatic heterocycles. The number of fused-ring (bicyclic) bond motifs is 1. The van der Waals surface area contributed by atoms with Gasteiger partial charge in [-0.25, -0.2) is 4.79 Å². The lowest BCUT2D eigenvalue weighted by molar-refractivity contribution is -0.115. The van der Waals surface area contributed by atoms with E-state index in [0.717, 1.165) is 24.0 Å². The molecular formula is C26H33N7O4. The van der Waals surface area contributed by atoms with E-state index in [9.17, 15) is 19.2 Å². The van der Waals surface area contributed by atoms with Gasteiger partial charge in [0.1, 0.15) is 0 Å². The molecule has 0 unspecified atom stereocenters. The van der Waals surface area contributed by atoms with Gasteiger partial charge in [-0.15, -0.1) is 0 Å². The molecule has 1 aromatic carbocycles. The third-order valence-corrected chi connectivity index (χ3v) is 6.60. The molecule has 1 saturated heterocycles. The number of benzene rings is 1. The monoisotopic (exact) mass is 507 g/mol. The molecule has 1 amide bonds. The van der Waals surface area contributed by atoms with E-state index in [2.05, 4.69) is 5.32 Å². The quantitative estimate of drug-likeness (QED) is 0.349. The number of para-hydroxylation sites is 1. The number of ketones is 1. The van der Waals surface area contributed by atoms with Crippen LogP contribution in [0.4, 0.5) is 11.6 Å². The SMILES string of the molecule is C/C=C/Cn1c(N2CCC[C@H](N)C2)nc2c1c(=O)n(CC(=O)c1ccccc1NC(=O)CC)c(=O)n2C. The highest BCUT2D eigenvalue weighted by Crippen LogP contribution is 2.23. The first-order valence-electron chi connectivity index (χ1n) is 12.5. The largest absolute Gasteiger partial charge is 0.341 e. The van der Waals surface area contributed by atoms with Gasteiger partial charge < -0.3 is 20.5 Å². The summed E-state index contributed by atoms with van der Waals surface area (Å²) in [6.07, 6.45) is 5.85. The van der Waals surface area contributed by atoms with Crippen molar-refractivity contribution in [3.8, 4) is 0 Å². The van der Waals surface area contributed by atoms with Crippen LogP contribution in [0.1, 0.15) is 43.5 Å². The van der Waals surface area contributed by atoms with Gasteiger partial charge >= 0.3 is 5.69 Å². The van der Waals surface area contributed by atoms with Crippen molar-refractivity contribution in [2.75, 3.05) is 23.3 Å². The molecule has 3 N–H and O–H groups in total. The maximum absolute atomic E-state index is 13.7. The second-order valence-electron chi connectivity index (χ2n) is 9.22. The van der Waals surface area contributed by atoms with Crippen molar-refractivity contribution in [3.05, 3.63) is 62.8 Å². The molecule has 0 bridgehead atoms. The molecule has 196 valence electrons. The zero-order valence-corrected chi connectivity index (χ0v) is 21.4. The van der Waals surface area contributed by atoms with Gasteiger partial charge in [0.15, 0.2) is 16.9 Å². The fraction of sp³-hybridized carbons (Fsp3) is 0.423. The molecule has 4 rings (SSSR count). The molecule has 0 spiro atoms. The van der Waals surface area contributed by atoms with Gasteiger partial charge in [0, 0.05) is 44.7 Å². The Morgan fingerprint density at radius 2 is 1.97 bits per heavy atom. The van der Waals surface area contributed by atoms with E-state index >= 15 is 0 Å². The highest BCUT2D eigenvalue weighted by atomic mass is 16.2. The Balaban J connectivity index is 1.82. The minimum atomic E-state index is -0.640. The van der Waals surface area contributed by atoms with Crippen LogP contribution in [0.3, 0.4) is 0 Å².